The Morgan fingerprint density at radius 1 is 1.22 bits per heavy atom. The number of benzene rings is 2. The van der Waals surface area contributed by atoms with E-state index in [9.17, 15) is 9.18 Å². The van der Waals surface area contributed by atoms with Crippen molar-refractivity contribution in [3.63, 3.8) is 0 Å². The molecule has 0 aromatic heterocycles. The lowest BCUT2D eigenvalue weighted by Gasteiger charge is -2.05. The van der Waals surface area contributed by atoms with Crippen LogP contribution in [-0.2, 0) is 6.42 Å². The Bertz CT molecular complexity index is 598. The molecule has 0 radical (unpaired) electrons. The third-order valence-corrected chi connectivity index (χ3v) is 3.95. The first-order valence-corrected chi connectivity index (χ1v) is 7.16. The lowest BCUT2D eigenvalue weighted by molar-refractivity contribution is 0.0992. The Hall–Kier alpha value is -0.750. The fraction of sp³-hybridized carbons (Fsp3) is 0.0714. The first-order chi connectivity index (χ1) is 8.56. The van der Waals surface area contributed by atoms with Crippen LogP contribution >= 0.6 is 38.5 Å². The van der Waals surface area contributed by atoms with E-state index in [0.29, 0.717) is 11.1 Å². The smallest absolute Gasteiger partial charge is 0.167 e. The molecule has 2 rings (SSSR count). The maximum absolute atomic E-state index is 13.1. The average molecular weight is 419 g/mol. The lowest BCUT2D eigenvalue weighted by atomic mass is 10.0. The zero-order valence-electron chi connectivity index (χ0n) is 9.29. The molecule has 2 aromatic rings. The number of hydrogen-bond donors (Lipinski definition) is 0. The number of ketones is 1. The minimum atomic E-state index is -0.330. The summed E-state index contributed by atoms with van der Waals surface area (Å²) >= 11 is 5.49. The van der Waals surface area contributed by atoms with E-state index >= 15 is 0 Å². The molecule has 2 aromatic carbocycles. The van der Waals surface area contributed by atoms with Crippen LogP contribution in [0.15, 0.2) is 46.9 Å². The van der Waals surface area contributed by atoms with Crippen molar-refractivity contribution in [2.75, 3.05) is 0 Å². The first kappa shape index (κ1) is 13.7. The third-order valence-electron chi connectivity index (χ3n) is 2.51. The summed E-state index contributed by atoms with van der Waals surface area (Å²) in [7, 11) is 0. The van der Waals surface area contributed by atoms with Gasteiger partial charge < -0.3 is 0 Å². The van der Waals surface area contributed by atoms with Crippen molar-refractivity contribution in [1.29, 1.82) is 0 Å². The standard InChI is InChI=1S/C14H9BrFIO/c15-13-5-4-11(16)6-10(13)8-14(18)9-2-1-3-12(17)7-9/h1-7H,8H2. The second-order valence-corrected chi connectivity index (χ2v) is 5.95. The molecule has 1 nitrogen and oxygen atoms in total. The Labute approximate surface area is 127 Å². The minimum absolute atomic E-state index is 0.0141. The van der Waals surface area contributed by atoms with Crippen molar-refractivity contribution in [1.82, 2.24) is 0 Å². The number of rotatable bonds is 3. The average Bonchev–Trinajstić information content (AvgIpc) is 2.34. The second kappa shape index (κ2) is 5.93. The zero-order chi connectivity index (χ0) is 13.1. The maximum atomic E-state index is 13.1. The molecule has 0 amide bonds. The van der Waals surface area contributed by atoms with Crippen LogP contribution in [-0.4, -0.2) is 5.78 Å². The first-order valence-electron chi connectivity index (χ1n) is 5.29. The van der Waals surface area contributed by atoms with Crippen LogP contribution in [0.1, 0.15) is 15.9 Å². The molecule has 0 aliphatic heterocycles. The highest BCUT2D eigenvalue weighted by molar-refractivity contribution is 14.1. The summed E-state index contributed by atoms with van der Waals surface area (Å²) in [4.78, 5) is 12.1. The van der Waals surface area contributed by atoms with Crippen molar-refractivity contribution < 1.29 is 9.18 Å². The molecule has 0 aliphatic carbocycles. The van der Waals surface area contributed by atoms with Gasteiger partial charge in [0.05, 0.1) is 0 Å². The van der Waals surface area contributed by atoms with Crippen molar-refractivity contribution in [3.8, 4) is 0 Å². The molecule has 0 unspecified atom stereocenters. The molecule has 0 aliphatic rings. The van der Waals surface area contributed by atoms with Gasteiger partial charge in [-0.2, -0.15) is 0 Å². The number of carbonyl (C=O) groups is 1. The molecule has 0 bridgehead atoms. The lowest BCUT2D eigenvalue weighted by Crippen LogP contribution is -2.04. The summed E-state index contributed by atoms with van der Waals surface area (Å²) in [5, 5.41) is 0. The quantitative estimate of drug-likeness (QED) is 0.525. The number of carbonyl (C=O) groups excluding carboxylic acids is 1. The summed E-state index contributed by atoms with van der Waals surface area (Å²) in [6.07, 6.45) is 0.193. The van der Waals surface area contributed by atoms with Gasteiger partial charge in [0, 0.05) is 20.0 Å². The molecule has 92 valence electrons. The topological polar surface area (TPSA) is 17.1 Å². The van der Waals surface area contributed by atoms with Gasteiger partial charge in [-0.25, -0.2) is 4.39 Å². The van der Waals surface area contributed by atoms with Gasteiger partial charge in [-0.05, 0) is 58.5 Å². The van der Waals surface area contributed by atoms with Gasteiger partial charge in [0.15, 0.2) is 5.78 Å². The van der Waals surface area contributed by atoms with Crippen LogP contribution in [0.4, 0.5) is 4.39 Å². The van der Waals surface area contributed by atoms with E-state index in [1.54, 1.807) is 12.1 Å². The van der Waals surface area contributed by atoms with Crippen LogP contribution in [0.5, 0.6) is 0 Å². The Balaban J connectivity index is 2.24. The summed E-state index contributed by atoms with van der Waals surface area (Å²) in [6, 6.07) is 11.7. The molecule has 0 spiro atoms. The zero-order valence-corrected chi connectivity index (χ0v) is 13.0. The molecule has 0 heterocycles. The summed E-state index contributed by atoms with van der Waals surface area (Å²) in [6.45, 7) is 0. The minimum Gasteiger partial charge on any atom is -0.294 e. The molecule has 0 N–H and O–H groups in total. The molecular weight excluding hydrogens is 410 g/mol. The Morgan fingerprint density at radius 2 is 2.00 bits per heavy atom. The monoisotopic (exact) mass is 418 g/mol. The molecule has 0 saturated carbocycles. The van der Waals surface area contributed by atoms with Gasteiger partial charge in [0.2, 0.25) is 0 Å². The summed E-state index contributed by atoms with van der Waals surface area (Å²) < 4.78 is 14.9. The maximum Gasteiger partial charge on any atom is 0.167 e. The van der Waals surface area contributed by atoms with Gasteiger partial charge >= 0.3 is 0 Å². The van der Waals surface area contributed by atoms with Crippen molar-refractivity contribution in [3.05, 3.63) is 67.5 Å². The molecule has 4 heteroatoms. The fourth-order valence-corrected chi connectivity index (χ4v) is 2.55. The van der Waals surface area contributed by atoms with Gasteiger partial charge in [0.25, 0.3) is 0 Å². The van der Waals surface area contributed by atoms with Crippen LogP contribution in [0.3, 0.4) is 0 Å². The number of hydrogen-bond acceptors (Lipinski definition) is 1. The molecular formula is C14H9BrFIO. The highest BCUT2D eigenvalue weighted by atomic mass is 127. The molecule has 18 heavy (non-hydrogen) atoms. The van der Waals surface area contributed by atoms with Crippen LogP contribution < -0.4 is 0 Å². The van der Waals surface area contributed by atoms with Gasteiger partial charge in [-0.1, -0.05) is 28.1 Å². The SMILES string of the molecule is O=C(Cc1cc(F)ccc1Br)c1cccc(I)c1. The molecule has 0 saturated heterocycles. The van der Waals surface area contributed by atoms with Gasteiger partial charge in [0.1, 0.15) is 5.82 Å². The predicted octanol–water partition coefficient (Wildman–Crippen LogP) is 4.62. The van der Waals surface area contributed by atoms with E-state index in [1.807, 2.05) is 18.2 Å². The van der Waals surface area contributed by atoms with E-state index in [0.717, 1.165) is 8.04 Å². The third kappa shape index (κ3) is 3.38. The van der Waals surface area contributed by atoms with E-state index in [1.165, 1.54) is 12.1 Å². The van der Waals surface area contributed by atoms with Crippen LogP contribution in [0.25, 0.3) is 0 Å². The largest absolute Gasteiger partial charge is 0.294 e. The van der Waals surface area contributed by atoms with Gasteiger partial charge in [-0.3, -0.25) is 4.79 Å². The van der Waals surface area contributed by atoms with Crippen molar-refractivity contribution in [2.24, 2.45) is 0 Å². The fourth-order valence-electron chi connectivity index (χ4n) is 1.62. The van der Waals surface area contributed by atoms with E-state index in [4.69, 9.17) is 0 Å². The Morgan fingerprint density at radius 3 is 2.72 bits per heavy atom. The second-order valence-electron chi connectivity index (χ2n) is 3.85. The normalized spacial score (nSPS) is 10.4. The van der Waals surface area contributed by atoms with Crippen LogP contribution in [0, 0.1) is 9.39 Å². The highest BCUT2D eigenvalue weighted by Gasteiger charge is 2.10. The molecule has 0 fully saturated rings. The van der Waals surface area contributed by atoms with Crippen molar-refractivity contribution in [2.45, 2.75) is 6.42 Å². The predicted molar refractivity (Wildman–Crippen MR) is 81.3 cm³/mol. The van der Waals surface area contributed by atoms with Crippen LogP contribution in [0.2, 0.25) is 0 Å². The molecule has 0 atom stereocenters. The summed E-state index contributed by atoms with van der Waals surface area (Å²) in [5.41, 5.74) is 1.32. The number of halogens is 3. The highest BCUT2D eigenvalue weighted by Crippen LogP contribution is 2.20. The number of Topliss-reactive ketones (excluding diaryl/α,β-unsaturated/α-hetero) is 1. The van der Waals surface area contributed by atoms with Gasteiger partial charge in [-0.15, -0.1) is 0 Å². The van der Waals surface area contributed by atoms with E-state index in [-0.39, 0.29) is 18.0 Å². The van der Waals surface area contributed by atoms with E-state index < -0.39 is 0 Å². The Kier molecular flexibility index (Phi) is 4.50. The van der Waals surface area contributed by atoms with E-state index in [2.05, 4.69) is 38.5 Å². The van der Waals surface area contributed by atoms with Crippen molar-refractivity contribution >= 4 is 44.3 Å². The summed E-state index contributed by atoms with van der Waals surface area (Å²) in [5.74, 6) is -0.344.